The Labute approximate surface area is 163 Å². The summed E-state index contributed by atoms with van der Waals surface area (Å²) in [6.07, 6.45) is 0. The predicted octanol–water partition coefficient (Wildman–Crippen LogP) is 8.07. The summed E-state index contributed by atoms with van der Waals surface area (Å²) in [6, 6.07) is 20.9. The minimum absolute atomic E-state index is 1.01. The van der Waals surface area contributed by atoms with Crippen molar-refractivity contribution in [2.75, 3.05) is 0 Å². The van der Waals surface area contributed by atoms with Gasteiger partial charge in [-0.05, 0) is 70.5 Å². The topological polar surface area (TPSA) is 0 Å². The maximum Gasteiger partial charge on any atom is 0.0466 e. The summed E-state index contributed by atoms with van der Waals surface area (Å²) in [5.41, 5.74) is 4.73. The fraction of sp³-hybridized carbons (Fsp3) is 0. The van der Waals surface area contributed by atoms with Gasteiger partial charge in [-0.25, -0.2) is 0 Å². The second kappa shape index (κ2) is 7.00. The molecule has 0 aromatic heterocycles. The monoisotopic (exact) mass is 542 g/mol. The highest BCUT2D eigenvalue weighted by Crippen LogP contribution is 2.46. The second-order valence-electron chi connectivity index (χ2n) is 4.75. The first kappa shape index (κ1) is 16.4. The Morgan fingerprint density at radius 1 is 0.545 bits per heavy atom. The van der Waals surface area contributed by atoms with Gasteiger partial charge in [-0.3, -0.25) is 0 Å². The minimum atomic E-state index is 1.01. The Balaban J connectivity index is 2.30. The standard InChI is InChI=1S/C18H10Br4/c19-14-10-15(20)17(21)18(22)16(14)13-9-5-4-8-12(13)11-6-2-1-3-7-11/h1-10H. The number of halogens is 4. The van der Waals surface area contributed by atoms with Crippen LogP contribution in [0.25, 0.3) is 22.3 Å². The lowest BCUT2D eigenvalue weighted by Gasteiger charge is -2.15. The van der Waals surface area contributed by atoms with Crippen molar-refractivity contribution in [2.24, 2.45) is 0 Å². The Morgan fingerprint density at radius 2 is 1.14 bits per heavy atom. The first-order chi connectivity index (χ1) is 10.6. The third kappa shape index (κ3) is 3.12. The van der Waals surface area contributed by atoms with Crippen molar-refractivity contribution in [1.29, 1.82) is 0 Å². The molecule has 3 aromatic carbocycles. The van der Waals surface area contributed by atoms with Gasteiger partial charge >= 0.3 is 0 Å². The number of benzene rings is 3. The maximum atomic E-state index is 3.72. The smallest absolute Gasteiger partial charge is 0.0466 e. The van der Waals surface area contributed by atoms with Gasteiger partial charge in [0.05, 0.1) is 0 Å². The summed E-state index contributed by atoms with van der Waals surface area (Å²) in [4.78, 5) is 0. The molecule has 0 atom stereocenters. The van der Waals surface area contributed by atoms with E-state index in [9.17, 15) is 0 Å². The minimum Gasteiger partial charge on any atom is -0.0622 e. The molecule has 0 radical (unpaired) electrons. The van der Waals surface area contributed by atoms with Crippen LogP contribution in [-0.4, -0.2) is 0 Å². The summed E-state index contributed by atoms with van der Waals surface area (Å²) in [7, 11) is 0. The molecule has 0 unspecified atom stereocenters. The first-order valence-corrected chi connectivity index (χ1v) is 9.74. The van der Waals surface area contributed by atoms with Crippen molar-refractivity contribution in [3.63, 3.8) is 0 Å². The second-order valence-corrected chi connectivity index (χ2v) is 8.05. The average molecular weight is 546 g/mol. The van der Waals surface area contributed by atoms with E-state index in [1.165, 1.54) is 16.7 Å². The van der Waals surface area contributed by atoms with Crippen LogP contribution in [0.3, 0.4) is 0 Å². The summed E-state index contributed by atoms with van der Waals surface area (Å²) in [6.45, 7) is 0. The van der Waals surface area contributed by atoms with Crippen LogP contribution in [0.4, 0.5) is 0 Å². The molecule has 3 rings (SSSR count). The molecule has 0 bridgehead atoms. The maximum absolute atomic E-state index is 3.72. The molecule has 0 saturated carbocycles. The van der Waals surface area contributed by atoms with Crippen molar-refractivity contribution >= 4 is 63.7 Å². The van der Waals surface area contributed by atoms with Gasteiger partial charge in [-0.15, -0.1) is 0 Å². The summed E-state index contributed by atoms with van der Waals surface area (Å²) < 4.78 is 4.08. The quantitative estimate of drug-likeness (QED) is 0.226. The summed E-state index contributed by atoms with van der Waals surface area (Å²) in [5.74, 6) is 0. The highest BCUT2D eigenvalue weighted by molar-refractivity contribution is 9.14. The van der Waals surface area contributed by atoms with E-state index in [1.54, 1.807) is 0 Å². The zero-order valence-electron chi connectivity index (χ0n) is 11.3. The molecular weight excluding hydrogens is 536 g/mol. The zero-order chi connectivity index (χ0) is 15.7. The van der Waals surface area contributed by atoms with Crippen LogP contribution in [0.5, 0.6) is 0 Å². The van der Waals surface area contributed by atoms with Crippen LogP contribution < -0.4 is 0 Å². The summed E-state index contributed by atoms with van der Waals surface area (Å²) >= 11 is 14.6. The van der Waals surface area contributed by atoms with Crippen molar-refractivity contribution in [2.45, 2.75) is 0 Å². The van der Waals surface area contributed by atoms with Gasteiger partial charge in [0, 0.05) is 23.5 Å². The van der Waals surface area contributed by atoms with Crippen molar-refractivity contribution < 1.29 is 0 Å². The Bertz CT molecular complexity index is 826. The lowest BCUT2D eigenvalue weighted by atomic mass is 9.95. The molecule has 0 aliphatic rings. The third-order valence-electron chi connectivity index (χ3n) is 3.40. The molecule has 22 heavy (non-hydrogen) atoms. The highest BCUT2D eigenvalue weighted by Gasteiger charge is 2.17. The van der Waals surface area contributed by atoms with Crippen molar-refractivity contribution in [3.8, 4) is 22.3 Å². The van der Waals surface area contributed by atoms with E-state index >= 15 is 0 Å². The van der Waals surface area contributed by atoms with Gasteiger partial charge in [-0.2, -0.15) is 0 Å². The molecule has 0 fully saturated rings. The average Bonchev–Trinajstić information content (AvgIpc) is 2.54. The Kier molecular flexibility index (Phi) is 5.23. The van der Waals surface area contributed by atoms with E-state index in [0.717, 1.165) is 23.5 Å². The number of hydrogen-bond donors (Lipinski definition) is 0. The van der Waals surface area contributed by atoms with Crippen LogP contribution in [-0.2, 0) is 0 Å². The van der Waals surface area contributed by atoms with E-state index in [2.05, 4.69) is 118 Å². The molecule has 0 spiro atoms. The molecule has 3 aromatic rings. The molecule has 0 nitrogen and oxygen atoms in total. The Morgan fingerprint density at radius 3 is 1.82 bits per heavy atom. The van der Waals surface area contributed by atoms with Gasteiger partial charge < -0.3 is 0 Å². The molecule has 0 N–H and O–H groups in total. The van der Waals surface area contributed by atoms with E-state index in [-0.39, 0.29) is 0 Å². The molecular formula is C18H10Br4. The van der Waals surface area contributed by atoms with E-state index in [0.29, 0.717) is 0 Å². The van der Waals surface area contributed by atoms with Crippen molar-refractivity contribution in [1.82, 2.24) is 0 Å². The van der Waals surface area contributed by atoms with Crippen LogP contribution in [0.2, 0.25) is 0 Å². The van der Waals surface area contributed by atoms with Crippen molar-refractivity contribution in [3.05, 3.63) is 78.6 Å². The Hall–Kier alpha value is -0.420. The fourth-order valence-corrected chi connectivity index (χ4v) is 5.24. The molecule has 4 heteroatoms. The molecule has 110 valence electrons. The number of hydrogen-bond acceptors (Lipinski definition) is 0. The van der Waals surface area contributed by atoms with Crippen LogP contribution >= 0.6 is 63.7 Å². The van der Waals surface area contributed by atoms with Crippen LogP contribution in [0, 0.1) is 0 Å². The predicted molar refractivity (Wildman–Crippen MR) is 108 cm³/mol. The highest BCUT2D eigenvalue weighted by atomic mass is 79.9. The summed E-state index contributed by atoms with van der Waals surface area (Å²) in [5, 5.41) is 0. The lowest BCUT2D eigenvalue weighted by Crippen LogP contribution is -1.89. The molecule has 0 aliphatic carbocycles. The lowest BCUT2D eigenvalue weighted by molar-refractivity contribution is 1.48. The molecule has 0 amide bonds. The molecule has 0 aliphatic heterocycles. The van der Waals surface area contributed by atoms with Gasteiger partial charge in [0.25, 0.3) is 0 Å². The third-order valence-corrected chi connectivity index (χ3v) is 7.33. The van der Waals surface area contributed by atoms with Gasteiger partial charge in [0.15, 0.2) is 0 Å². The largest absolute Gasteiger partial charge is 0.0622 e. The number of rotatable bonds is 2. The fourth-order valence-electron chi connectivity index (χ4n) is 2.38. The zero-order valence-corrected chi connectivity index (χ0v) is 17.6. The van der Waals surface area contributed by atoms with Gasteiger partial charge in [0.2, 0.25) is 0 Å². The van der Waals surface area contributed by atoms with E-state index < -0.39 is 0 Å². The first-order valence-electron chi connectivity index (χ1n) is 6.57. The molecule has 0 heterocycles. The normalized spacial score (nSPS) is 10.7. The molecule has 0 saturated heterocycles. The van der Waals surface area contributed by atoms with Gasteiger partial charge in [0.1, 0.15) is 0 Å². The SMILES string of the molecule is Brc1cc(Br)c(-c2ccccc2-c2ccccc2)c(Br)c1Br. The van der Waals surface area contributed by atoms with Gasteiger partial charge in [-0.1, -0.05) is 70.5 Å². The van der Waals surface area contributed by atoms with E-state index in [1.807, 2.05) is 6.07 Å². The van der Waals surface area contributed by atoms with Crippen LogP contribution in [0.1, 0.15) is 0 Å². The van der Waals surface area contributed by atoms with Crippen LogP contribution in [0.15, 0.2) is 78.6 Å². The van der Waals surface area contributed by atoms with E-state index in [4.69, 9.17) is 0 Å².